The van der Waals surface area contributed by atoms with E-state index in [2.05, 4.69) is 5.32 Å². The number of benzene rings is 2. The summed E-state index contributed by atoms with van der Waals surface area (Å²) in [5.74, 6) is 1.73. The van der Waals surface area contributed by atoms with E-state index >= 15 is 0 Å². The molecule has 3 heteroatoms. The van der Waals surface area contributed by atoms with Gasteiger partial charge in [-0.1, -0.05) is 41.9 Å². The molecule has 0 bridgehead atoms. The molecule has 0 fully saturated rings. The second-order valence-corrected chi connectivity index (χ2v) is 5.36. The lowest BCUT2D eigenvalue weighted by molar-refractivity contribution is 0.531. The van der Waals surface area contributed by atoms with Crippen molar-refractivity contribution >= 4 is 17.3 Å². The smallest absolute Gasteiger partial charge is 0.134 e. The maximum atomic E-state index is 6.16. The van der Waals surface area contributed by atoms with Crippen LogP contribution in [0, 0.1) is 6.92 Å². The molecule has 1 heterocycles. The highest BCUT2D eigenvalue weighted by atomic mass is 35.5. The van der Waals surface area contributed by atoms with Crippen molar-refractivity contribution in [3.05, 3.63) is 77.0 Å². The van der Waals surface area contributed by atoms with E-state index in [1.165, 1.54) is 0 Å². The number of hydrogen-bond acceptors (Lipinski definition) is 2. The molecule has 0 atom stereocenters. The Bertz CT molecular complexity index is 734. The van der Waals surface area contributed by atoms with Crippen molar-refractivity contribution in [1.82, 2.24) is 0 Å². The van der Waals surface area contributed by atoms with Gasteiger partial charge in [0.25, 0.3) is 0 Å². The molecule has 0 radical (unpaired) electrons. The third-order valence-corrected chi connectivity index (χ3v) is 3.77. The van der Waals surface area contributed by atoms with Gasteiger partial charge in [0.2, 0.25) is 0 Å². The van der Waals surface area contributed by atoms with Crippen LogP contribution in [0.5, 0.6) is 0 Å². The molecule has 1 aromatic heterocycles. The summed E-state index contributed by atoms with van der Waals surface area (Å²) in [6.07, 6.45) is 0. The maximum absolute atomic E-state index is 6.16. The van der Waals surface area contributed by atoms with Crippen LogP contribution in [0.25, 0.3) is 11.3 Å². The van der Waals surface area contributed by atoms with Crippen molar-refractivity contribution in [2.75, 3.05) is 5.32 Å². The Morgan fingerprint density at radius 2 is 1.81 bits per heavy atom. The Balaban J connectivity index is 1.72. The van der Waals surface area contributed by atoms with Gasteiger partial charge in [-0.25, -0.2) is 0 Å². The van der Waals surface area contributed by atoms with Crippen molar-refractivity contribution in [3.63, 3.8) is 0 Å². The lowest BCUT2D eigenvalue weighted by Crippen LogP contribution is -1.97. The summed E-state index contributed by atoms with van der Waals surface area (Å²) in [6.45, 7) is 2.65. The quantitative estimate of drug-likeness (QED) is 0.686. The van der Waals surface area contributed by atoms with Crippen molar-refractivity contribution in [2.45, 2.75) is 13.5 Å². The van der Waals surface area contributed by atoms with Crippen LogP contribution in [0.2, 0.25) is 5.02 Å². The predicted octanol–water partition coefficient (Wildman–Crippen LogP) is 5.52. The van der Waals surface area contributed by atoms with E-state index in [1.54, 1.807) is 0 Å². The molecule has 0 unspecified atom stereocenters. The lowest BCUT2D eigenvalue weighted by Gasteiger charge is -2.04. The van der Waals surface area contributed by atoms with E-state index < -0.39 is 0 Å². The molecule has 0 saturated heterocycles. The van der Waals surface area contributed by atoms with Crippen LogP contribution < -0.4 is 5.32 Å². The van der Waals surface area contributed by atoms with Crippen molar-refractivity contribution in [3.8, 4) is 11.3 Å². The van der Waals surface area contributed by atoms with Gasteiger partial charge in [-0.05, 0) is 42.8 Å². The van der Waals surface area contributed by atoms with E-state index in [4.69, 9.17) is 16.0 Å². The molecule has 0 aliphatic heterocycles. The van der Waals surface area contributed by atoms with Crippen LogP contribution in [-0.4, -0.2) is 0 Å². The minimum atomic E-state index is 0.656. The van der Waals surface area contributed by atoms with Crippen molar-refractivity contribution in [1.29, 1.82) is 0 Å². The SMILES string of the molecule is Cc1ccc(-c2ccc(CNc3ccccc3)o2)cc1Cl. The number of hydrogen-bond donors (Lipinski definition) is 1. The Labute approximate surface area is 129 Å². The van der Waals surface area contributed by atoms with Gasteiger partial charge in [0.1, 0.15) is 11.5 Å². The van der Waals surface area contributed by atoms with E-state index in [-0.39, 0.29) is 0 Å². The second kappa shape index (κ2) is 6.06. The number of para-hydroxylation sites is 1. The largest absolute Gasteiger partial charge is 0.459 e. The first kappa shape index (κ1) is 13.8. The maximum Gasteiger partial charge on any atom is 0.134 e. The molecule has 1 N–H and O–H groups in total. The van der Waals surface area contributed by atoms with Gasteiger partial charge in [0, 0.05) is 16.3 Å². The number of nitrogens with one attached hydrogen (secondary N) is 1. The van der Waals surface area contributed by atoms with Crippen LogP contribution in [0.15, 0.2) is 65.1 Å². The average Bonchev–Trinajstić information content (AvgIpc) is 2.98. The van der Waals surface area contributed by atoms with Gasteiger partial charge in [0.15, 0.2) is 0 Å². The molecule has 2 nitrogen and oxygen atoms in total. The Morgan fingerprint density at radius 3 is 2.57 bits per heavy atom. The number of halogens is 1. The Morgan fingerprint density at radius 1 is 1.00 bits per heavy atom. The van der Waals surface area contributed by atoms with E-state index in [9.17, 15) is 0 Å². The van der Waals surface area contributed by atoms with Crippen LogP contribution >= 0.6 is 11.6 Å². The third-order valence-electron chi connectivity index (χ3n) is 3.36. The van der Waals surface area contributed by atoms with Crippen molar-refractivity contribution in [2.24, 2.45) is 0 Å². The Hall–Kier alpha value is -2.19. The fourth-order valence-electron chi connectivity index (χ4n) is 2.12. The molecule has 2 aromatic carbocycles. The number of aryl methyl sites for hydroxylation is 1. The molecule has 3 rings (SSSR count). The fourth-order valence-corrected chi connectivity index (χ4v) is 2.30. The predicted molar refractivity (Wildman–Crippen MR) is 87.7 cm³/mol. The standard InChI is InChI=1S/C18H16ClNO/c1-13-7-8-14(11-17(13)19)18-10-9-16(21-18)12-20-15-5-3-2-4-6-15/h2-11,20H,12H2,1H3. The first-order valence-electron chi connectivity index (χ1n) is 6.86. The van der Waals surface area contributed by atoms with Crippen LogP contribution in [-0.2, 0) is 6.54 Å². The number of furan rings is 1. The summed E-state index contributed by atoms with van der Waals surface area (Å²) in [5.41, 5.74) is 3.14. The summed E-state index contributed by atoms with van der Waals surface area (Å²) < 4.78 is 5.87. The summed E-state index contributed by atoms with van der Waals surface area (Å²) in [4.78, 5) is 0. The summed E-state index contributed by atoms with van der Waals surface area (Å²) in [5, 5.41) is 4.08. The van der Waals surface area contributed by atoms with E-state index in [0.717, 1.165) is 33.4 Å². The number of anilines is 1. The molecule has 21 heavy (non-hydrogen) atoms. The summed E-state index contributed by atoms with van der Waals surface area (Å²) in [7, 11) is 0. The second-order valence-electron chi connectivity index (χ2n) is 4.95. The normalized spacial score (nSPS) is 10.6. The number of rotatable bonds is 4. The monoisotopic (exact) mass is 297 g/mol. The molecular formula is C18H16ClNO. The minimum absolute atomic E-state index is 0.656. The zero-order chi connectivity index (χ0) is 14.7. The molecular weight excluding hydrogens is 282 g/mol. The highest BCUT2D eigenvalue weighted by molar-refractivity contribution is 6.31. The average molecular weight is 298 g/mol. The van der Waals surface area contributed by atoms with E-state index in [1.807, 2.05) is 67.6 Å². The topological polar surface area (TPSA) is 25.2 Å². The summed E-state index contributed by atoms with van der Waals surface area (Å²) in [6, 6.07) is 20.0. The minimum Gasteiger partial charge on any atom is -0.459 e. The molecule has 106 valence electrons. The summed E-state index contributed by atoms with van der Waals surface area (Å²) >= 11 is 6.16. The highest BCUT2D eigenvalue weighted by Gasteiger charge is 2.06. The van der Waals surface area contributed by atoms with Crippen molar-refractivity contribution < 1.29 is 4.42 Å². The van der Waals surface area contributed by atoms with Gasteiger partial charge in [-0.15, -0.1) is 0 Å². The molecule has 0 amide bonds. The molecule has 0 spiro atoms. The van der Waals surface area contributed by atoms with Gasteiger partial charge in [-0.3, -0.25) is 0 Å². The zero-order valence-corrected chi connectivity index (χ0v) is 12.5. The van der Waals surface area contributed by atoms with Gasteiger partial charge in [0.05, 0.1) is 6.54 Å². The van der Waals surface area contributed by atoms with Gasteiger partial charge >= 0.3 is 0 Å². The lowest BCUT2D eigenvalue weighted by atomic mass is 10.1. The van der Waals surface area contributed by atoms with Gasteiger partial charge in [-0.2, -0.15) is 0 Å². The molecule has 0 saturated carbocycles. The fraction of sp³-hybridized carbons (Fsp3) is 0.111. The van der Waals surface area contributed by atoms with Crippen LogP contribution in [0.3, 0.4) is 0 Å². The zero-order valence-electron chi connectivity index (χ0n) is 11.8. The third kappa shape index (κ3) is 3.29. The van der Waals surface area contributed by atoms with Crippen LogP contribution in [0.1, 0.15) is 11.3 Å². The molecule has 0 aliphatic carbocycles. The molecule has 3 aromatic rings. The van der Waals surface area contributed by atoms with Gasteiger partial charge < -0.3 is 9.73 Å². The first-order chi connectivity index (χ1) is 10.2. The van der Waals surface area contributed by atoms with Crippen LogP contribution in [0.4, 0.5) is 5.69 Å². The highest BCUT2D eigenvalue weighted by Crippen LogP contribution is 2.27. The van der Waals surface area contributed by atoms with E-state index in [0.29, 0.717) is 6.54 Å². The molecule has 0 aliphatic rings. The first-order valence-corrected chi connectivity index (χ1v) is 7.24. The Kier molecular flexibility index (Phi) is 3.98.